The van der Waals surface area contributed by atoms with Crippen LogP contribution >= 0.6 is 11.6 Å². The molecule has 0 aliphatic rings. The molecule has 0 aliphatic carbocycles. The van der Waals surface area contributed by atoms with Gasteiger partial charge < -0.3 is 10.2 Å². The van der Waals surface area contributed by atoms with E-state index in [4.69, 9.17) is 11.6 Å². The molecule has 102 valence electrons. The number of carbonyl (C=O) groups excluding carboxylic acids is 1. The van der Waals surface area contributed by atoms with Gasteiger partial charge in [0.15, 0.2) is 0 Å². The molecule has 1 amide bonds. The first-order chi connectivity index (χ1) is 9.02. The normalized spacial score (nSPS) is 12.4. The van der Waals surface area contributed by atoms with Crippen molar-refractivity contribution in [1.29, 1.82) is 0 Å². The third kappa shape index (κ3) is 2.76. The molecule has 1 atom stereocenters. The number of amides is 1. The predicted octanol–water partition coefficient (Wildman–Crippen LogP) is 0.596. The second-order valence-corrected chi connectivity index (χ2v) is 4.69. The van der Waals surface area contributed by atoms with Crippen molar-refractivity contribution in [2.45, 2.75) is 6.92 Å². The van der Waals surface area contributed by atoms with Gasteiger partial charge in [-0.05, 0) is 0 Å². The van der Waals surface area contributed by atoms with Gasteiger partial charge in [-0.15, -0.1) is 0 Å². The Morgan fingerprint density at radius 2 is 2.37 bits per heavy atom. The molecule has 0 saturated heterocycles. The summed E-state index contributed by atoms with van der Waals surface area (Å²) >= 11 is 5.95. The van der Waals surface area contributed by atoms with Crippen LogP contribution in [0.15, 0.2) is 12.4 Å². The maximum Gasteiger partial charge on any atom is 0.255 e. The Morgan fingerprint density at radius 1 is 1.63 bits per heavy atom. The molecule has 7 nitrogen and oxygen atoms in total. The number of nitrogens with zero attached hydrogens (tertiary/aromatic N) is 5. The Labute approximate surface area is 115 Å². The number of hydrogen-bond donors (Lipinski definition) is 1. The molecule has 1 N–H and O–H groups in total. The van der Waals surface area contributed by atoms with Crippen LogP contribution in [0.1, 0.15) is 6.92 Å². The SMILES string of the molecule is CNC(=O)C(C)CN(C)c1cc(Cl)nc2ncnn12. The summed E-state index contributed by atoms with van der Waals surface area (Å²) in [5, 5.41) is 7.06. The summed E-state index contributed by atoms with van der Waals surface area (Å²) in [6.07, 6.45) is 1.41. The van der Waals surface area contributed by atoms with Gasteiger partial charge in [-0.2, -0.15) is 19.6 Å². The highest BCUT2D eigenvalue weighted by Crippen LogP contribution is 2.18. The van der Waals surface area contributed by atoms with Gasteiger partial charge in [0.05, 0.1) is 5.92 Å². The summed E-state index contributed by atoms with van der Waals surface area (Å²) < 4.78 is 1.59. The molecule has 0 radical (unpaired) electrons. The average Bonchev–Trinajstić information content (AvgIpc) is 2.84. The van der Waals surface area contributed by atoms with E-state index in [0.29, 0.717) is 17.5 Å². The summed E-state index contributed by atoms with van der Waals surface area (Å²) in [7, 11) is 3.49. The molecule has 2 aromatic heterocycles. The molecule has 0 aliphatic heterocycles. The zero-order valence-electron chi connectivity index (χ0n) is 11.0. The number of aromatic nitrogens is 4. The maximum atomic E-state index is 11.5. The van der Waals surface area contributed by atoms with Crippen molar-refractivity contribution in [3.8, 4) is 0 Å². The fourth-order valence-electron chi connectivity index (χ4n) is 1.87. The van der Waals surface area contributed by atoms with Gasteiger partial charge in [0.1, 0.15) is 17.3 Å². The average molecular weight is 283 g/mol. The predicted molar refractivity (Wildman–Crippen MR) is 72.3 cm³/mol. The lowest BCUT2D eigenvalue weighted by atomic mass is 10.1. The van der Waals surface area contributed by atoms with Crippen LogP contribution in [0, 0.1) is 5.92 Å². The van der Waals surface area contributed by atoms with Crippen molar-refractivity contribution < 1.29 is 4.79 Å². The monoisotopic (exact) mass is 282 g/mol. The Balaban J connectivity index is 2.28. The van der Waals surface area contributed by atoms with Crippen molar-refractivity contribution in [2.24, 2.45) is 5.92 Å². The van der Waals surface area contributed by atoms with Crippen LogP contribution in [0.2, 0.25) is 5.15 Å². The molecule has 2 aromatic rings. The number of hydrogen-bond acceptors (Lipinski definition) is 5. The van der Waals surface area contributed by atoms with E-state index in [9.17, 15) is 4.79 Å². The van der Waals surface area contributed by atoms with Crippen LogP contribution < -0.4 is 10.2 Å². The Morgan fingerprint density at radius 3 is 3.05 bits per heavy atom. The van der Waals surface area contributed by atoms with Gasteiger partial charge in [-0.1, -0.05) is 18.5 Å². The van der Waals surface area contributed by atoms with E-state index in [1.54, 1.807) is 17.6 Å². The summed E-state index contributed by atoms with van der Waals surface area (Å²) in [6.45, 7) is 2.39. The zero-order chi connectivity index (χ0) is 14.0. The highest BCUT2D eigenvalue weighted by Gasteiger charge is 2.17. The smallest absolute Gasteiger partial charge is 0.255 e. The maximum absolute atomic E-state index is 11.5. The summed E-state index contributed by atoms with van der Waals surface area (Å²) in [5.74, 6) is 1.01. The number of fused-ring (bicyclic) bond motifs is 1. The van der Waals surface area contributed by atoms with Crippen LogP contribution in [0.4, 0.5) is 5.82 Å². The van der Waals surface area contributed by atoms with Gasteiger partial charge >= 0.3 is 0 Å². The first-order valence-electron chi connectivity index (χ1n) is 5.82. The van der Waals surface area contributed by atoms with E-state index in [2.05, 4.69) is 20.4 Å². The van der Waals surface area contributed by atoms with Gasteiger partial charge in [-0.3, -0.25) is 4.79 Å². The van der Waals surface area contributed by atoms with Crippen molar-refractivity contribution in [2.75, 3.05) is 25.5 Å². The van der Waals surface area contributed by atoms with E-state index in [0.717, 1.165) is 5.82 Å². The molecule has 0 bridgehead atoms. The number of carbonyl (C=O) groups is 1. The van der Waals surface area contributed by atoms with E-state index in [1.165, 1.54) is 6.33 Å². The molecular weight excluding hydrogens is 268 g/mol. The topological polar surface area (TPSA) is 75.4 Å². The molecule has 8 heteroatoms. The Kier molecular flexibility index (Phi) is 3.84. The van der Waals surface area contributed by atoms with Gasteiger partial charge in [0.2, 0.25) is 5.91 Å². The molecule has 0 spiro atoms. The number of halogens is 1. The highest BCUT2D eigenvalue weighted by atomic mass is 35.5. The molecule has 0 fully saturated rings. The first kappa shape index (κ1) is 13.5. The molecule has 2 rings (SSSR count). The van der Waals surface area contributed by atoms with Crippen molar-refractivity contribution in [3.63, 3.8) is 0 Å². The van der Waals surface area contributed by atoms with Crippen LogP contribution in [0.3, 0.4) is 0 Å². The van der Waals surface area contributed by atoms with Gasteiger partial charge in [0, 0.05) is 26.7 Å². The molecule has 19 heavy (non-hydrogen) atoms. The Bertz CT molecular complexity index is 598. The quantitative estimate of drug-likeness (QED) is 0.831. The van der Waals surface area contributed by atoms with Crippen molar-refractivity contribution in [3.05, 3.63) is 17.5 Å². The summed E-state index contributed by atoms with van der Waals surface area (Å²) in [4.78, 5) is 21.5. The van der Waals surface area contributed by atoms with Gasteiger partial charge in [-0.25, -0.2) is 0 Å². The lowest BCUT2D eigenvalue weighted by Gasteiger charge is -2.22. The standard InChI is InChI=1S/C11H15ClN6O/c1-7(10(19)13-2)5-17(3)9-4-8(12)16-11-14-6-15-18(9)11/h4,6-7H,5H2,1-3H3,(H,13,19). The zero-order valence-corrected chi connectivity index (χ0v) is 11.7. The lowest BCUT2D eigenvalue weighted by molar-refractivity contribution is -0.123. The first-order valence-corrected chi connectivity index (χ1v) is 6.19. The largest absolute Gasteiger partial charge is 0.359 e. The van der Waals surface area contributed by atoms with Crippen LogP contribution in [-0.2, 0) is 4.79 Å². The Hall–Kier alpha value is -1.89. The summed E-state index contributed by atoms with van der Waals surface area (Å²) in [6, 6.07) is 1.69. The molecular formula is C11H15ClN6O. The lowest BCUT2D eigenvalue weighted by Crippen LogP contribution is -2.35. The van der Waals surface area contributed by atoms with Crippen LogP contribution in [0.25, 0.3) is 5.78 Å². The van der Waals surface area contributed by atoms with E-state index in [1.807, 2.05) is 18.9 Å². The second kappa shape index (κ2) is 5.40. The number of anilines is 1. The van der Waals surface area contributed by atoms with Crippen LogP contribution in [-0.4, -0.2) is 46.1 Å². The van der Waals surface area contributed by atoms with E-state index in [-0.39, 0.29) is 11.8 Å². The van der Waals surface area contributed by atoms with Crippen LogP contribution in [0.5, 0.6) is 0 Å². The van der Waals surface area contributed by atoms with Crippen molar-refractivity contribution in [1.82, 2.24) is 24.9 Å². The highest BCUT2D eigenvalue weighted by molar-refractivity contribution is 6.29. The fraction of sp³-hybridized carbons (Fsp3) is 0.455. The van der Waals surface area contributed by atoms with E-state index < -0.39 is 0 Å². The van der Waals surface area contributed by atoms with Crippen molar-refractivity contribution >= 4 is 29.1 Å². The third-order valence-electron chi connectivity index (χ3n) is 2.83. The number of rotatable bonds is 4. The second-order valence-electron chi connectivity index (χ2n) is 4.30. The minimum atomic E-state index is -0.152. The third-order valence-corrected chi connectivity index (χ3v) is 3.03. The fourth-order valence-corrected chi connectivity index (χ4v) is 2.05. The van der Waals surface area contributed by atoms with Gasteiger partial charge in [0.25, 0.3) is 5.78 Å². The molecule has 0 saturated carbocycles. The molecule has 0 aromatic carbocycles. The van der Waals surface area contributed by atoms with E-state index >= 15 is 0 Å². The number of nitrogens with one attached hydrogen (secondary N) is 1. The minimum Gasteiger partial charge on any atom is -0.359 e. The minimum absolute atomic E-state index is 0.0122. The molecule has 2 heterocycles. The molecule has 1 unspecified atom stereocenters. The summed E-state index contributed by atoms with van der Waals surface area (Å²) in [5.41, 5.74) is 0.